The molecule has 1 heterocycles. The van der Waals surface area contributed by atoms with Crippen molar-refractivity contribution >= 4 is 22.7 Å². The Morgan fingerprint density at radius 1 is 1.00 bits per heavy atom. The van der Waals surface area contributed by atoms with Gasteiger partial charge in [-0.1, -0.05) is 22.7 Å². The van der Waals surface area contributed by atoms with E-state index in [1.54, 1.807) is 0 Å². The lowest BCUT2D eigenvalue weighted by Crippen LogP contribution is -2.38. The summed E-state index contributed by atoms with van der Waals surface area (Å²) in [5.74, 6) is 0. The molecule has 0 radical (unpaired) electrons. The van der Waals surface area contributed by atoms with E-state index in [-0.39, 0.29) is 0 Å². The first-order valence-electron chi connectivity index (χ1n) is 4.26. The van der Waals surface area contributed by atoms with Crippen molar-refractivity contribution in [2.75, 3.05) is 0 Å². The molecule has 0 spiro atoms. The Bertz CT molecular complexity index is 267. The average Bonchev–Trinajstić information content (AvgIpc) is 2.37. The van der Waals surface area contributed by atoms with Gasteiger partial charge in [-0.3, -0.25) is 0 Å². The second-order valence-electron chi connectivity index (χ2n) is 3.37. The molecule has 1 rings (SSSR count). The van der Waals surface area contributed by atoms with Gasteiger partial charge in [-0.25, -0.2) is 4.58 Å². The van der Waals surface area contributed by atoms with Crippen molar-refractivity contribution in [3.8, 4) is 0 Å². The van der Waals surface area contributed by atoms with Crippen molar-refractivity contribution in [3.63, 3.8) is 0 Å². The molecule has 0 aromatic carbocycles. The lowest BCUT2D eigenvalue weighted by molar-refractivity contribution is 0.434. The van der Waals surface area contributed by atoms with Crippen molar-refractivity contribution in [1.29, 1.82) is 0 Å². The van der Waals surface area contributed by atoms with E-state index in [4.69, 9.17) is 0 Å². The third-order valence-corrected chi connectivity index (χ3v) is 3.84. The van der Waals surface area contributed by atoms with Gasteiger partial charge < -0.3 is 0 Å². The van der Waals surface area contributed by atoms with Crippen LogP contribution in [0.25, 0.3) is 0 Å². The third-order valence-electron chi connectivity index (χ3n) is 1.72. The van der Waals surface area contributed by atoms with Gasteiger partial charge in [-0.15, -0.1) is 0 Å². The molecule has 0 bridgehead atoms. The Balaban J connectivity index is 3.19. The minimum Gasteiger partial charge on any atom is -0.208 e. The average molecular weight is 202 g/mol. The third kappa shape index (κ3) is 2.17. The van der Waals surface area contributed by atoms with E-state index < -0.39 is 0 Å². The summed E-state index contributed by atoms with van der Waals surface area (Å²) in [6.45, 7) is 8.97. The van der Waals surface area contributed by atoms with Crippen LogP contribution >= 0.6 is 22.7 Å². The molecule has 0 N–H and O–H groups in total. The van der Waals surface area contributed by atoms with E-state index in [2.05, 4.69) is 43.0 Å². The molecule has 0 unspecified atom stereocenters. The molecule has 0 saturated heterocycles. The highest BCUT2D eigenvalue weighted by atomic mass is 32.2. The van der Waals surface area contributed by atoms with Gasteiger partial charge in [0.25, 0.3) is 0 Å². The van der Waals surface area contributed by atoms with Crippen LogP contribution in [0.4, 0.5) is 0 Å². The van der Waals surface area contributed by atoms with Gasteiger partial charge in [0.15, 0.2) is 0 Å². The molecule has 12 heavy (non-hydrogen) atoms. The maximum Gasteiger partial charge on any atom is 0.314 e. The van der Waals surface area contributed by atoms with Gasteiger partial charge in [0.05, 0.1) is 0 Å². The van der Waals surface area contributed by atoms with E-state index >= 15 is 0 Å². The van der Waals surface area contributed by atoms with Crippen LogP contribution in [0.2, 0.25) is 0 Å². The molecule has 0 amide bonds. The molecule has 0 aliphatic rings. The summed E-state index contributed by atoms with van der Waals surface area (Å²) in [7, 11) is 0. The van der Waals surface area contributed by atoms with E-state index in [0.717, 1.165) is 0 Å². The fourth-order valence-corrected chi connectivity index (χ4v) is 3.66. The molecule has 3 heteroatoms. The molecule has 0 fully saturated rings. The Labute approximate surface area is 82.0 Å². The second kappa shape index (κ2) is 4.19. The Kier molecular flexibility index (Phi) is 3.47. The lowest BCUT2D eigenvalue weighted by Gasteiger charge is -2.08. The van der Waals surface area contributed by atoms with Gasteiger partial charge in [0, 0.05) is 10.8 Å². The van der Waals surface area contributed by atoms with Gasteiger partial charge in [-0.2, -0.15) is 0 Å². The highest BCUT2D eigenvalue weighted by molar-refractivity contribution is 7.24. The van der Waals surface area contributed by atoms with Crippen LogP contribution < -0.4 is 8.56 Å². The SMILES string of the molecule is CC(C)[N+](=c1sccs1)C(C)C. The lowest BCUT2D eigenvalue weighted by atomic mass is 10.3. The quantitative estimate of drug-likeness (QED) is 0.648. The molecule has 1 aromatic heterocycles. The number of rotatable bonds is 2. The topological polar surface area (TPSA) is 3.01 Å². The number of nitrogens with zero attached hydrogens (tertiary/aromatic N) is 1. The van der Waals surface area contributed by atoms with Crippen LogP contribution in [0, 0.1) is 0 Å². The smallest absolute Gasteiger partial charge is 0.208 e. The van der Waals surface area contributed by atoms with E-state index in [0.29, 0.717) is 12.1 Å². The number of hydrogen-bond donors (Lipinski definition) is 0. The van der Waals surface area contributed by atoms with Crippen LogP contribution in [0.1, 0.15) is 27.7 Å². The first-order chi connectivity index (χ1) is 5.63. The fourth-order valence-electron chi connectivity index (χ4n) is 1.34. The number of hydrogen-bond acceptors (Lipinski definition) is 2. The first-order valence-corrected chi connectivity index (χ1v) is 6.02. The maximum atomic E-state index is 2.45. The van der Waals surface area contributed by atoms with Gasteiger partial charge >= 0.3 is 3.98 Å². The highest BCUT2D eigenvalue weighted by Crippen LogP contribution is 1.98. The molecule has 68 valence electrons. The molecule has 0 atom stereocenters. The zero-order valence-corrected chi connectivity index (χ0v) is 9.71. The Hall–Kier alpha value is -0.150. The summed E-state index contributed by atoms with van der Waals surface area (Å²) < 4.78 is 3.87. The second-order valence-corrected chi connectivity index (χ2v) is 5.42. The summed E-state index contributed by atoms with van der Waals surface area (Å²) in [5.41, 5.74) is 0. The Morgan fingerprint density at radius 2 is 1.42 bits per heavy atom. The van der Waals surface area contributed by atoms with Crippen LogP contribution in [0.5, 0.6) is 0 Å². The largest absolute Gasteiger partial charge is 0.314 e. The van der Waals surface area contributed by atoms with Crippen LogP contribution in [-0.2, 0) is 0 Å². The van der Waals surface area contributed by atoms with Crippen LogP contribution in [0.3, 0.4) is 0 Å². The van der Waals surface area contributed by atoms with Crippen molar-refractivity contribution in [3.05, 3.63) is 14.7 Å². The summed E-state index contributed by atoms with van der Waals surface area (Å²) in [5, 5.41) is 4.30. The zero-order chi connectivity index (χ0) is 9.14. The molecule has 0 aliphatic heterocycles. The fraction of sp³-hybridized carbons (Fsp3) is 0.667. The van der Waals surface area contributed by atoms with Gasteiger partial charge in [-0.05, 0) is 27.7 Å². The highest BCUT2D eigenvalue weighted by Gasteiger charge is 2.15. The van der Waals surface area contributed by atoms with Crippen molar-refractivity contribution < 1.29 is 0 Å². The van der Waals surface area contributed by atoms with E-state index in [1.807, 2.05) is 22.7 Å². The predicted molar refractivity (Wildman–Crippen MR) is 57.7 cm³/mol. The summed E-state index contributed by atoms with van der Waals surface area (Å²) in [6, 6.07) is 1.19. The van der Waals surface area contributed by atoms with Crippen molar-refractivity contribution in [2.24, 2.45) is 0 Å². The molecule has 0 aliphatic carbocycles. The van der Waals surface area contributed by atoms with Crippen molar-refractivity contribution in [1.82, 2.24) is 4.58 Å². The molecular formula is C9H16NS2+. The monoisotopic (exact) mass is 202 g/mol. The normalized spacial score (nSPS) is 11.2. The molecular weight excluding hydrogens is 186 g/mol. The molecule has 1 aromatic rings. The maximum absolute atomic E-state index is 2.45. The summed E-state index contributed by atoms with van der Waals surface area (Å²) in [6.07, 6.45) is 0. The van der Waals surface area contributed by atoms with Gasteiger partial charge in [0.2, 0.25) is 0 Å². The minimum atomic E-state index is 0.597. The Morgan fingerprint density at radius 3 is 1.75 bits per heavy atom. The minimum absolute atomic E-state index is 0.597. The van der Waals surface area contributed by atoms with Gasteiger partial charge in [0.1, 0.15) is 12.1 Å². The van der Waals surface area contributed by atoms with Crippen LogP contribution in [0.15, 0.2) is 10.8 Å². The predicted octanol–water partition coefficient (Wildman–Crippen LogP) is 2.40. The first kappa shape index (κ1) is 9.93. The van der Waals surface area contributed by atoms with Crippen molar-refractivity contribution in [2.45, 2.75) is 39.8 Å². The van der Waals surface area contributed by atoms with E-state index in [9.17, 15) is 0 Å². The van der Waals surface area contributed by atoms with E-state index in [1.165, 1.54) is 3.98 Å². The molecule has 0 saturated carbocycles. The summed E-state index contributed by atoms with van der Waals surface area (Å²) >= 11 is 3.66. The summed E-state index contributed by atoms with van der Waals surface area (Å²) in [4.78, 5) is 0. The standard InChI is InChI=1S/C9H16NS2/c1-7(2)10(8(3)4)9-11-5-6-12-9/h5-8H,1-4H3/q+1. The molecule has 1 nitrogen and oxygen atoms in total. The van der Waals surface area contributed by atoms with Crippen LogP contribution in [-0.4, -0.2) is 12.1 Å². The zero-order valence-electron chi connectivity index (χ0n) is 8.07.